The van der Waals surface area contributed by atoms with Crippen molar-refractivity contribution in [3.8, 4) is 0 Å². The summed E-state index contributed by atoms with van der Waals surface area (Å²) in [4.78, 5) is 0. The van der Waals surface area contributed by atoms with E-state index in [0.29, 0.717) is 15.1 Å². The molecule has 0 spiro atoms. The molecule has 100 valence electrons. The number of rotatable bonds is 4. The monoisotopic (exact) mass is 341 g/mol. The highest BCUT2D eigenvalue weighted by molar-refractivity contribution is 9.10. The second-order valence-corrected chi connectivity index (χ2v) is 5.42. The van der Waals surface area contributed by atoms with Gasteiger partial charge in [-0.3, -0.25) is 0 Å². The Morgan fingerprint density at radius 3 is 2.53 bits per heavy atom. The predicted octanol–water partition coefficient (Wildman–Crippen LogP) is 4.94. The molecule has 0 aliphatic carbocycles. The third-order valence-corrected chi connectivity index (χ3v) is 3.87. The highest BCUT2D eigenvalue weighted by Crippen LogP contribution is 2.31. The lowest BCUT2D eigenvalue weighted by Crippen LogP contribution is -2.23. The number of hydrogen-bond donors (Lipinski definition) is 1. The van der Waals surface area contributed by atoms with Crippen LogP contribution in [-0.2, 0) is 0 Å². The number of halogens is 3. The zero-order chi connectivity index (χ0) is 13.8. The molecule has 0 amide bonds. The third kappa shape index (κ3) is 3.16. The van der Waals surface area contributed by atoms with Crippen molar-refractivity contribution in [2.45, 2.75) is 13.0 Å². The normalized spacial score (nSPS) is 12.4. The van der Waals surface area contributed by atoms with E-state index < -0.39 is 0 Å². The first kappa shape index (κ1) is 14.5. The molecule has 0 radical (unpaired) electrons. The highest BCUT2D eigenvalue weighted by atomic mass is 79.9. The topological polar surface area (TPSA) is 12.0 Å². The van der Waals surface area contributed by atoms with Crippen LogP contribution in [0.2, 0.25) is 5.02 Å². The molecule has 0 aliphatic heterocycles. The summed E-state index contributed by atoms with van der Waals surface area (Å²) in [5, 5.41) is 3.91. The van der Waals surface area contributed by atoms with Crippen LogP contribution in [0.5, 0.6) is 0 Å². The maximum atomic E-state index is 14.3. The summed E-state index contributed by atoms with van der Waals surface area (Å²) in [5.74, 6) is -0.256. The molecule has 1 nitrogen and oxygen atoms in total. The molecule has 1 N–H and O–H groups in total. The van der Waals surface area contributed by atoms with Crippen LogP contribution in [0, 0.1) is 5.82 Å². The van der Waals surface area contributed by atoms with E-state index in [2.05, 4.69) is 21.2 Å². The van der Waals surface area contributed by atoms with Crippen LogP contribution in [0.15, 0.2) is 46.9 Å². The standard InChI is InChI=1S/C15H14BrClFN/c1-2-19-15(10-6-3-4-9-13(10)17)11-7-5-8-12(16)14(11)18/h3-9,15,19H,2H2,1H3. The van der Waals surface area contributed by atoms with Gasteiger partial charge in [-0.2, -0.15) is 0 Å². The summed E-state index contributed by atoms with van der Waals surface area (Å²) in [6.07, 6.45) is 0. The molecule has 0 bridgehead atoms. The smallest absolute Gasteiger partial charge is 0.142 e. The van der Waals surface area contributed by atoms with Crippen LogP contribution < -0.4 is 5.32 Å². The molecule has 19 heavy (non-hydrogen) atoms. The van der Waals surface area contributed by atoms with Crippen molar-refractivity contribution < 1.29 is 4.39 Å². The molecule has 0 aromatic heterocycles. The Kier molecular flexibility index (Phi) is 4.97. The van der Waals surface area contributed by atoms with Gasteiger partial charge in [0.2, 0.25) is 0 Å². The summed E-state index contributed by atoms with van der Waals surface area (Å²) in [6, 6.07) is 12.5. The van der Waals surface area contributed by atoms with Crippen LogP contribution in [-0.4, -0.2) is 6.54 Å². The fourth-order valence-electron chi connectivity index (χ4n) is 2.04. The van der Waals surface area contributed by atoms with Crippen molar-refractivity contribution in [3.05, 3.63) is 68.9 Å². The number of benzene rings is 2. The minimum absolute atomic E-state index is 0.254. The highest BCUT2D eigenvalue weighted by Gasteiger charge is 2.20. The van der Waals surface area contributed by atoms with Crippen molar-refractivity contribution in [2.24, 2.45) is 0 Å². The number of hydrogen-bond acceptors (Lipinski definition) is 1. The van der Waals surface area contributed by atoms with Gasteiger partial charge in [0.1, 0.15) is 5.82 Å². The SMILES string of the molecule is CCNC(c1ccccc1Cl)c1cccc(Br)c1F. The van der Waals surface area contributed by atoms with E-state index in [1.807, 2.05) is 37.3 Å². The van der Waals surface area contributed by atoms with Gasteiger partial charge in [0, 0.05) is 10.6 Å². The lowest BCUT2D eigenvalue weighted by molar-refractivity contribution is 0.555. The molecule has 2 aromatic carbocycles. The summed E-state index contributed by atoms with van der Waals surface area (Å²) >= 11 is 9.44. The Hall–Kier alpha value is -0.900. The van der Waals surface area contributed by atoms with Crippen LogP contribution in [0.1, 0.15) is 24.1 Å². The summed E-state index contributed by atoms with van der Waals surface area (Å²) in [7, 11) is 0. The van der Waals surface area contributed by atoms with E-state index >= 15 is 0 Å². The van der Waals surface area contributed by atoms with Gasteiger partial charge in [0.05, 0.1) is 10.5 Å². The molecule has 0 saturated heterocycles. The maximum absolute atomic E-state index is 14.3. The molecule has 0 fully saturated rings. The van der Waals surface area contributed by atoms with Crippen LogP contribution in [0.3, 0.4) is 0 Å². The van der Waals surface area contributed by atoms with E-state index in [9.17, 15) is 4.39 Å². The van der Waals surface area contributed by atoms with Crippen LogP contribution in [0.4, 0.5) is 4.39 Å². The van der Waals surface area contributed by atoms with E-state index in [1.165, 1.54) is 0 Å². The van der Waals surface area contributed by atoms with Gasteiger partial charge in [0.25, 0.3) is 0 Å². The van der Waals surface area contributed by atoms with E-state index in [0.717, 1.165) is 12.1 Å². The van der Waals surface area contributed by atoms with Gasteiger partial charge < -0.3 is 5.32 Å². The van der Waals surface area contributed by atoms with Gasteiger partial charge in [-0.05, 0) is 40.2 Å². The Morgan fingerprint density at radius 2 is 1.84 bits per heavy atom. The van der Waals surface area contributed by atoms with E-state index in [1.54, 1.807) is 12.1 Å². The van der Waals surface area contributed by atoms with Crippen molar-refractivity contribution in [1.82, 2.24) is 5.32 Å². The van der Waals surface area contributed by atoms with Gasteiger partial charge >= 0.3 is 0 Å². The fraction of sp³-hybridized carbons (Fsp3) is 0.200. The number of nitrogens with one attached hydrogen (secondary N) is 1. The molecular weight excluding hydrogens is 329 g/mol. The van der Waals surface area contributed by atoms with E-state index in [4.69, 9.17) is 11.6 Å². The minimum Gasteiger partial charge on any atom is -0.306 e. The quantitative estimate of drug-likeness (QED) is 0.830. The van der Waals surface area contributed by atoms with Crippen molar-refractivity contribution >= 4 is 27.5 Å². The Balaban J connectivity index is 2.52. The molecule has 1 atom stereocenters. The second kappa shape index (κ2) is 6.51. The molecule has 0 heterocycles. The van der Waals surface area contributed by atoms with Crippen LogP contribution in [0.25, 0.3) is 0 Å². The largest absolute Gasteiger partial charge is 0.306 e. The van der Waals surface area contributed by atoms with Gasteiger partial charge in [-0.15, -0.1) is 0 Å². The van der Waals surface area contributed by atoms with Gasteiger partial charge in [-0.25, -0.2) is 4.39 Å². The molecule has 1 unspecified atom stereocenters. The Morgan fingerprint density at radius 1 is 1.16 bits per heavy atom. The third-order valence-electron chi connectivity index (χ3n) is 2.92. The molecule has 0 aliphatic rings. The lowest BCUT2D eigenvalue weighted by atomic mass is 9.98. The van der Waals surface area contributed by atoms with Crippen LogP contribution >= 0.6 is 27.5 Å². The molecule has 2 rings (SSSR count). The zero-order valence-corrected chi connectivity index (χ0v) is 12.8. The Bertz CT molecular complexity index is 574. The molecule has 2 aromatic rings. The van der Waals surface area contributed by atoms with Gasteiger partial charge in [-0.1, -0.05) is 48.9 Å². The molecule has 0 saturated carbocycles. The van der Waals surface area contributed by atoms with Gasteiger partial charge in [0.15, 0.2) is 0 Å². The lowest BCUT2D eigenvalue weighted by Gasteiger charge is -2.21. The summed E-state index contributed by atoms with van der Waals surface area (Å²) in [5.41, 5.74) is 1.47. The second-order valence-electron chi connectivity index (χ2n) is 4.16. The first-order valence-electron chi connectivity index (χ1n) is 6.06. The summed E-state index contributed by atoms with van der Waals surface area (Å²) < 4.78 is 14.7. The molecular formula is C15H14BrClFN. The average molecular weight is 343 g/mol. The fourth-order valence-corrected chi connectivity index (χ4v) is 2.67. The molecule has 4 heteroatoms. The van der Waals surface area contributed by atoms with Crippen molar-refractivity contribution in [3.63, 3.8) is 0 Å². The first-order valence-corrected chi connectivity index (χ1v) is 7.24. The average Bonchev–Trinajstić information content (AvgIpc) is 2.41. The maximum Gasteiger partial charge on any atom is 0.142 e. The predicted molar refractivity (Wildman–Crippen MR) is 81.1 cm³/mol. The van der Waals surface area contributed by atoms with E-state index in [-0.39, 0.29) is 11.9 Å². The Labute approximate surface area is 125 Å². The minimum atomic E-state index is -0.256. The summed E-state index contributed by atoms with van der Waals surface area (Å²) in [6.45, 7) is 2.71. The first-order chi connectivity index (χ1) is 9.15. The zero-order valence-electron chi connectivity index (χ0n) is 10.5. The van der Waals surface area contributed by atoms with Crippen molar-refractivity contribution in [1.29, 1.82) is 0 Å². The van der Waals surface area contributed by atoms with Crippen molar-refractivity contribution in [2.75, 3.05) is 6.54 Å².